The monoisotopic (exact) mass is 472 g/mol. The SMILES string of the molecule is CCC[CH2][Sn](/[CH]=C/[C@H](O)COc1ccc(F)cc1)([CH2]CCC)[CH2]CCC. The summed E-state index contributed by atoms with van der Waals surface area (Å²) >= 11 is -2.34. The van der Waals surface area contributed by atoms with E-state index in [-0.39, 0.29) is 12.4 Å². The van der Waals surface area contributed by atoms with Crippen molar-refractivity contribution in [1.82, 2.24) is 0 Å². The molecule has 0 heterocycles. The summed E-state index contributed by atoms with van der Waals surface area (Å²) in [6.07, 6.45) is 9.10. The van der Waals surface area contributed by atoms with Gasteiger partial charge in [-0.05, 0) is 0 Å². The first kappa shape index (κ1) is 23.5. The van der Waals surface area contributed by atoms with Crippen LogP contribution >= 0.6 is 0 Å². The summed E-state index contributed by atoms with van der Waals surface area (Å²) in [5.74, 6) is 0.316. The molecule has 0 aromatic heterocycles. The van der Waals surface area contributed by atoms with Crippen LogP contribution in [0.4, 0.5) is 4.39 Å². The van der Waals surface area contributed by atoms with Crippen molar-refractivity contribution in [1.29, 1.82) is 0 Å². The fourth-order valence-electron chi connectivity index (χ4n) is 3.29. The number of aliphatic hydroxyl groups is 1. The predicted octanol–water partition coefficient (Wildman–Crippen LogP) is 6.51. The minimum atomic E-state index is -2.34. The average molecular weight is 471 g/mol. The molecule has 0 amide bonds. The van der Waals surface area contributed by atoms with Crippen LogP contribution in [-0.2, 0) is 0 Å². The molecule has 1 N–H and O–H groups in total. The van der Waals surface area contributed by atoms with Gasteiger partial charge in [-0.2, -0.15) is 0 Å². The fraction of sp³-hybridized carbons (Fsp3) is 0.636. The van der Waals surface area contributed by atoms with Gasteiger partial charge in [0.2, 0.25) is 0 Å². The summed E-state index contributed by atoms with van der Waals surface area (Å²) in [5, 5.41) is 10.4. The number of hydrogen-bond acceptors (Lipinski definition) is 2. The number of aliphatic hydroxyl groups excluding tert-OH is 1. The molecule has 2 nitrogen and oxygen atoms in total. The van der Waals surface area contributed by atoms with E-state index >= 15 is 0 Å². The van der Waals surface area contributed by atoms with E-state index in [0.717, 1.165) is 0 Å². The van der Waals surface area contributed by atoms with E-state index < -0.39 is 24.5 Å². The molecule has 0 aliphatic rings. The zero-order valence-corrected chi connectivity index (χ0v) is 19.7. The third kappa shape index (κ3) is 9.40. The van der Waals surface area contributed by atoms with Crippen molar-refractivity contribution < 1.29 is 14.2 Å². The van der Waals surface area contributed by atoms with E-state index in [1.54, 1.807) is 12.1 Å². The molecule has 1 atom stereocenters. The van der Waals surface area contributed by atoms with Gasteiger partial charge in [-0.15, -0.1) is 0 Å². The van der Waals surface area contributed by atoms with Gasteiger partial charge in [-0.1, -0.05) is 0 Å². The predicted molar refractivity (Wildman–Crippen MR) is 112 cm³/mol. The third-order valence-electron chi connectivity index (χ3n) is 4.99. The molecule has 0 spiro atoms. The van der Waals surface area contributed by atoms with Crippen LogP contribution in [0.5, 0.6) is 5.75 Å². The van der Waals surface area contributed by atoms with Crippen LogP contribution in [-0.4, -0.2) is 36.2 Å². The maximum absolute atomic E-state index is 12.9. The summed E-state index contributed by atoms with van der Waals surface area (Å²) in [7, 11) is 0. The fourth-order valence-corrected chi connectivity index (χ4v) is 17.7. The van der Waals surface area contributed by atoms with Gasteiger partial charge in [-0.25, -0.2) is 0 Å². The Morgan fingerprint density at radius 3 is 1.92 bits per heavy atom. The van der Waals surface area contributed by atoms with Crippen molar-refractivity contribution in [3.05, 3.63) is 40.3 Å². The minimum absolute atomic E-state index is 0.222. The second-order valence-electron chi connectivity index (χ2n) is 7.36. The molecule has 0 unspecified atom stereocenters. The van der Waals surface area contributed by atoms with Gasteiger partial charge in [0.05, 0.1) is 0 Å². The summed E-state index contributed by atoms with van der Waals surface area (Å²) in [5.41, 5.74) is 0. The average Bonchev–Trinajstić information content (AvgIpc) is 2.66. The molecule has 0 saturated carbocycles. The van der Waals surface area contributed by atoms with Gasteiger partial charge < -0.3 is 0 Å². The molecule has 1 aromatic carbocycles. The van der Waals surface area contributed by atoms with E-state index in [0.29, 0.717) is 5.75 Å². The molecular formula is C22H37FO2Sn. The number of halogens is 1. The van der Waals surface area contributed by atoms with E-state index in [9.17, 15) is 9.50 Å². The Labute approximate surface area is 163 Å². The normalized spacial score (nSPS) is 13.3. The van der Waals surface area contributed by atoms with Crippen LogP contribution in [0.3, 0.4) is 0 Å². The Kier molecular flexibility index (Phi) is 12.3. The Balaban J connectivity index is 2.69. The molecule has 4 heteroatoms. The van der Waals surface area contributed by atoms with Crippen molar-refractivity contribution in [2.24, 2.45) is 0 Å². The third-order valence-corrected chi connectivity index (χ3v) is 19.1. The first-order valence-corrected chi connectivity index (χ1v) is 18.0. The molecule has 1 rings (SSSR count). The quantitative estimate of drug-likeness (QED) is 0.314. The second-order valence-corrected chi connectivity index (χ2v) is 20.4. The molecule has 26 heavy (non-hydrogen) atoms. The molecule has 0 saturated heterocycles. The van der Waals surface area contributed by atoms with Crippen LogP contribution in [0.15, 0.2) is 34.4 Å². The zero-order valence-electron chi connectivity index (χ0n) is 16.8. The second kappa shape index (κ2) is 13.6. The van der Waals surface area contributed by atoms with Gasteiger partial charge in [0.15, 0.2) is 0 Å². The van der Waals surface area contributed by atoms with Gasteiger partial charge in [-0.3, -0.25) is 0 Å². The van der Waals surface area contributed by atoms with E-state index in [2.05, 4.69) is 24.9 Å². The summed E-state index contributed by atoms with van der Waals surface area (Å²) < 4.78 is 25.2. The summed E-state index contributed by atoms with van der Waals surface area (Å²) in [6, 6.07) is 5.94. The molecule has 148 valence electrons. The van der Waals surface area contributed by atoms with Gasteiger partial charge in [0, 0.05) is 0 Å². The standard InChI is InChI=1S/C10H10FO2.3C4H9.Sn/c1-2-9(12)7-13-10-5-3-8(11)4-6-10;3*1-3-4-2;/h1-6,9,12H,7H2;3*1,3-4H2,2H3;/t9-;;;;/m0..../s1. The number of hydrogen-bond donors (Lipinski definition) is 1. The number of unbranched alkanes of at least 4 members (excludes halogenated alkanes) is 3. The maximum atomic E-state index is 12.9. The van der Waals surface area contributed by atoms with Crippen LogP contribution in [0.2, 0.25) is 13.3 Å². The van der Waals surface area contributed by atoms with Crippen molar-refractivity contribution in [3.63, 3.8) is 0 Å². The molecule has 0 fully saturated rings. The molecule has 1 aromatic rings. The number of ether oxygens (including phenoxy) is 1. The topological polar surface area (TPSA) is 29.5 Å². The van der Waals surface area contributed by atoms with Crippen molar-refractivity contribution in [3.8, 4) is 5.75 Å². The van der Waals surface area contributed by atoms with Crippen LogP contribution in [0, 0.1) is 5.82 Å². The molecule has 0 radical (unpaired) electrons. The van der Waals surface area contributed by atoms with Crippen molar-refractivity contribution >= 4 is 18.4 Å². The van der Waals surface area contributed by atoms with Gasteiger partial charge in [0.1, 0.15) is 0 Å². The first-order chi connectivity index (χ1) is 12.5. The van der Waals surface area contributed by atoms with Crippen molar-refractivity contribution in [2.45, 2.75) is 78.7 Å². The zero-order chi connectivity index (χ0) is 19.3. The van der Waals surface area contributed by atoms with Crippen molar-refractivity contribution in [2.75, 3.05) is 6.61 Å². The van der Waals surface area contributed by atoms with Gasteiger partial charge >= 0.3 is 164 Å². The van der Waals surface area contributed by atoms with E-state index in [1.807, 2.05) is 6.08 Å². The summed E-state index contributed by atoms with van der Waals surface area (Å²) in [6.45, 7) is 7.03. The van der Waals surface area contributed by atoms with Gasteiger partial charge in [0.25, 0.3) is 0 Å². The molecule has 0 bridgehead atoms. The Morgan fingerprint density at radius 2 is 1.46 bits per heavy atom. The number of benzene rings is 1. The Bertz CT molecular complexity index is 480. The Hall–Kier alpha value is -0.551. The summed E-state index contributed by atoms with van der Waals surface area (Å²) in [4.78, 5) is 0. The van der Waals surface area contributed by atoms with Crippen LogP contribution < -0.4 is 4.74 Å². The first-order valence-electron chi connectivity index (χ1n) is 10.3. The molecule has 0 aliphatic carbocycles. The number of rotatable bonds is 14. The van der Waals surface area contributed by atoms with Crippen LogP contribution in [0.1, 0.15) is 59.3 Å². The molecule has 0 aliphatic heterocycles. The van der Waals surface area contributed by atoms with Crippen LogP contribution in [0.25, 0.3) is 0 Å². The van der Waals surface area contributed by atoms with E-state index in [4.69, 9.17) is 4.74 Å². The Morgan fingerprint density at radius 1 is 0.962 bits per heavy atom. The van der Waals surface area contributed by atoms with E-state index in [1.165, 1.54) is 64.0 Å². The molecular weight excluding hydrogens is 434 g/mol.